The molecule has 0 bridgehead atoms. The van der Waals surface area contributed by atoms with E-state index in [-0.39, 0.29) is 23.8 Å². The third kappa shape index (κ3) is 7.84. The van der Waals surface area contributed by atoms with Crippen LogP contribution in [-0.4, -0.2) is 51.3 Å². The number of pyridine rings is 1. The van der Waals surface area contributed by atoms with Crippen molar-refractivity contribution >= 4 is 23.3 Å². The first kappa shape index (κ1) is 28.3. The topological polar surface area (TPSA) is 105 Å². The van der Waals surface area contributed by atoms with Gasteiger partial charge in [0.15, 0.2) is 0 Å². The number of carbonyl (C=O) groups excluding carboxylic acids is 2. The molecule has 202 valence electrons. The molecule has 2 aromatic carbocycles. The van der Waals surface area contributed by atoms with Gasteiger partial charge in [-0.25, -0.2) is 4.79 Å². The number of hydrogen-bond donors (Lipinski definition) is 3. The van der Waals surface area contributed by atoms with Gasteiger partial charge in [-0.05, 0) is 42.0 Å². The molecule has 3 aromatic rings. The fourth-order valence-corrected chi connectivity index (χ4v) is 3.38. The molecule has 38 heavy (non-hydrogen) atoms. The molecule has 3 amide bonds. The molecule has 0 atom stereocenters. The number of rotatable bonds is 10. The molecular formula is C26H28F3N5O4. The van der Waals surface area contributed by atoms with Crippen LogP contribution in [0.5, 0.6) is 11.5 Å². The van der Waals surface area contributed by atoms with E-state index in [4.69, 9.17) is 9.47 Å². The van der Waals surface area contributed by atoms with E-state index in [1.807, 2.05) is 0 Å². The number of hydrogen-bond acceptors (Lipinski definition) is 6. The molecule has 0 aliphatic carbocycles. The fraction of sp³-hybridized carbons (Fsp3) is 0.269. The van der Waals surface area contributed by atoms with Crippen molar-refractivity contribution in [3.8, 4) is 11.5 Å². The minimum absolute atomic E-state index is 0.0214. The van der Waals surface area contributed by atoms with E-state index < -0.39 is 17.8 Å². The van der Waals surface area contributed by atoms with Crippen LogP contribution in [0.25, 0.3) is 0 Å². The van der Waals surface area contributed by atoms with Gasteiger partial charge in [0.2, 0.25) is 0 Å². The SMILES string of the molecule is CNC(=O)c1cc(Oc2ccc(CNC(=O)Nc3cc(C(F)(F)F)ccc3N(C)CCOC)cc2)ccn1. The molecule has 0 spiro atoms. The first-order chi connectivity index (χ1) is 18.1. The van der Waals surface area contributed by atoms with Gasteiger partial charge in [0.05, 0.1) is 23.5 Å². The lowest BCUT2D eigenvalue weighted by Gasteiger charge is -2.23. The van der Waals surface area contributed by atoms with E-state index in [0.717, 1.165) is 17.7 Å². The predicted molar refractivity (Wildman–Crippen MR) is 137 cm³/mol. The highest BCUT2D eigenvalue weighted by Crippen LogP contribution is 2.35. The Balaban J connectivity index is 1.63. The van der Waals surface area contributed by atoms with E-state index >= 15 is 0 Å². The number of ether oxygens (including phenoxy) is 2. The van der Waals surface area contributed by atoms with Crippen LogP contribution in [-0.2, 0) is 17.5 Å². The Bertz CT molecular complexity index is 1250. The molecule has 9 nitrogen and oxygen atoms in total. The van der Waals surface area contributed by atoms with Crippen molar-refractivity contribution in [3.63, 3.8) is 0 Å². The van der Waals surface area contributed by atoms with Gasteiger partial charge in [-0.15, -0.1) is 0 Å². The number of benzene rings is 2. The molecule has 0 radical (unpaired) electrons. The van der Waals surface area contributed by atoms with Crippen molar-refractivity contribution in [2.24, 2.45) is 0 Å². The van der Waals surface area contributed by atoms with Crippen LogP contribution in [0.1, 0.15) is 21.6 Å². The highest BCUT2D eigenvalue weighted by molar-refractivity contribution is 5.93. The Hall–Kier alpha value is -4.32. The monoisotopic (exact) mass is 531 g/mol. The average Bonchev–Trinajstić information content (AvgIpc) is 2.90. The van der Waals surface area contributed by atoms with Gasteiger partial charge in [-0.1, -0.05) is 12.1 Å². The van der Waals surface area contributed by atoms with Gasteiger partial charge in [-0.2, -0.15) is 13.2 Å². The maximum absolute atomic E-state index is 13.3. The number of carbonyl (C=O) groups is 2. The summed E-state index contributed by atoms with van der Waals surface area (Å²) >= 11 is 0. The van der Waals surface area contributed by atoms with Crippen molar-refractivity contribution in [3.05, 3.63) is 77.6 Å². The van der Waals surface area contributed by atoms with Crippen LogP contribution in [0.2, 0.25) is 0 Å². The number of methoxy groups -OCH3 is 1. The maximum atomic E-state index is 13.3. The highest BCUT2D eigenvalue weighted by atomic mass is 19.4. The van der Waals surface area contributed by atoms with E-state index in [0.29, 0.717) is 30.3 Å². The van der Waals surface area contributed by atoms with Gasteiger partial charge in [0.1, 0.15) is 17.2 Å². The average molecular weight is 532 g/mol. The zero-order chi connectivity index (χ0) is 27.7. The highest BCUT2D eigenvalue weighted by Gasteiger charge is 2.31. The van der Waals surface area contributed by atoms with Crippen molar-refractivity contribution in [1.82, 2.24) is 15.6 Å². The van der Waals surface area contributed by atoms with E-state index in [2.05, 4.69) is 20.9 Å². The summed E-state index contributed by atoms with van der Waals surface area (Å²) < 4.78 is 50.6. The zero-order valence-corrected chi connectivity index (χ0v) is 21.1. The molecule has 1 aromatic heterocycles. The molecule has 1 heterocycles. The number of anilines is 2. The number of alkyl halides is 3. The van der Waals surface area contributed by atoms with Crippen molar-refractivity contribution < 1.29 is 32.2 Å². The van der Waals surface area contributed by atoms with Crippen LogP contribution in [0.15, 0.2) is 60.8 Å². The maximum Gasteiger partial charge on any atom is 0.416 e. The summed E-state index contributed by atoms with van der Waals surface area (Å²) in [5.41, 5.74) is 0.514. The smallest absolute Gasteiger partial charge is 0.416 e. The van der Waals surface area contributed by atoms with Gasteiger partial charge < -0.3 is 30.3 Å². The predicted octanol–water partition coefficient (Wildman–Crippen LogP) is 4.66. The minimum Gasteiger partial charge on any atom is -0.457 e. The second kappa shape index (κ2) is 12.8. The van der Waals surface area contributed by atoms with E-state index in [1.54, 1.807) is 42.3 Å². The van der Waals surface area contributed by atoms with Gasteiger partial charge >= 0.3 is 12.2 Å². The number of nitrogens with one attached hydrogen (secondary N) is 3. The normalized spacial score (nSPS) is 11.0. The largest absolute Gasteiger partial charge is 0.457 e. The third-order valence-electron chi connectivity index (χ3n) is 5.42. The van der Waals surface area contributed by atoms with E-state index in [1.165, 1.54) is 32.5 Å². The lowest BCUT2D eigenvalue weighted by Crippen LogP contribution is -2.30. The summed E-state index contributed by atoms with van der Waals surface area (Å²) in [7, 11) is 4.72. The van der Waals surface area contributed by atoms with Crippen LogP contribution in [0.4, 0.5) is 29.3 Å². The number of likely N-dealkylation sites (N-methyl/N-ethyl adjacent to an activating group) is 1. The van der Waals surface area contributed by atoms with Crippen LogP contribution in [0, 0.1) is 0 Å². The standard InChI is InChI=1S/C26H28F3N5O4/c1-30-24(35)22-15-20(10-11-31-22)38-19-7-4-17(5-8-19)16-32-25(36)33-21-14-18(26(27,28)29)6-9-23(21)34(2)12-13-37-3/h4-11,14-15H,12-13,16H2,1-3H3,(H,30,35)(H2,32,33,36). The zero-order valence-electron chi connectivity index (χ0n) is 21.1. The molecule has 0 fully saturated rings. The van der Waals surface area contributed by atoms with Crippen LogP contribution >= 0.6 is 0 Å². The minimum atomic E-state index is -4.55. The first-order valence-corrected chi connectivity index (χ1v) is 11.5. The Labute approximate surface area is 218 Å². The summed E-state index contributed by atoms with van der Waals surface area (Å²) in [6.45, 7) is 0.897. The molecule has 0 aliphatic rings. The molecule has 3 rings (SSSR count). The van der Waals surface area contributed by atoms with E-state index in [9.17, 15) is 22.8 Å². The quantitative estimate of drug-likeness (QED) is 0.352. The number of halogens is 3. The number of urea groups is 1. The molecule has 0 aliphatic heterocycles. The van der Waals surface area contributed by atoms with Gasteiger partial charge in [0, 0.05) is 46.6 Å². The number of nitrogens with zero attached hydrogens (tertiary/aromatic N) is 2. The summed E-state index contributed by atoms with van der Waals surface area (Å²) in [6, 6.07) is 12.5. The summed E-state index contributed by atoms with van der Waals surface area (Å²) in [5.74, 6) is 0.588. The second-order valence-electron chi connectivity index (χ2n) is 8.15. The third-order valence-corrected chi connectivity index (χ3v) is 5.42. The Kier molecular flexibility index (Phi) is 9.49. The molecule has 0 saturated heterocycles. The van der Waals surface area contributed by atoms with Crippen LogP contribution in [0.3, 0.4) is 0 Å². The lowest BCUT2D eigenvalue weighted by molar-refractivity contribution is -0.137. The van der Waals surface area contributed by atoms with Gasteiger partial charge in [0.25, 0.3) is 5.91 Å². The van der Waals surface area contributed by atoms with Crippen LogP contribution < -0.4 is 25.6 Å². The Morgan fingerprint density at radius 2 is 1.76 bits per heavy atom. The first-order valence-electron chi connectivity index (χ1n) is 11.5. The Morgan fingerprint density at radius 1 is 1.03 bits per heavy atom. The van der Waals surface area contributed by atoms with Crippen molar-refractivity contribution in [2.75, 3.05) is 44.6 Å². The second-order valence-corrected chi connectivity index (χ2v) is 8.15. The lowest BCUT2D eigenvalue weighted by atomic mass is 10.1. The van der Waals surface area contributed by atoms with Crippen molar-refractivity contribution in [2.45, 2.75) is 12.7 Å². The Morgan fingerprint density at radius 3 is 2.42 bits per heavy atom. The summed E-state index contributed by atoms with van der Waals surface area (Å²) in [4.78, 5) is 30.0. The summed E-state index contributed by atoms with van der Waals surface area (Å²) in [5, 5.41) is 7.65. The van der Waals surface area contributed by atoms with Crippen molar-refractivity contribution in [1.29, 1.82) is 0 Å². The number of aromatic nitrogens is 1. The molecular weight excluding hydrogens is 503 g/mol. The molecule has 0 saturated carbocycles. The number of amides is 3. The molecule has 0 unspecified atom stereocenters. The fourth-order valence-electron chi connectivity index (χ4n) is 3.38. The molecule has 3 N–H and O–H groups in total. The molecule has 12 heteroatoms. The van der Waals surface area contributed by atoms with Gasteiger partial charge in [-0.3, -0.25) is 9.78 Å². The summed E-state index contributed by atoms with van der Waals surface area (Å²) in [6.07, 6.45) is -3.09.